The Balaban J connectivity index is 2.50. The maximum absolute atomic E-state index is 13.6. The number of halogens is 3. The van der Waals surface area contributed by atoms with Crippen molar-refractivity contribution in [1.29, 1.82) is 0 Å². The molecule has 1 N–H and O–H groups in total. The Morgan fingerprint density at radius 3 is 2.71 bits per heavy atom. The molecule has 0 aliphatic carbocycles. The van der Waals surface area contributed by atoms with Crippen LogP contribution in [0.3, 0.4) is 0 Å². The first-order valence-electron chi connectivity index (χ1n) is 5.58. The smallest absolute Gasteiger partial charge is 0.331 e. The molecule has 21 heavy (non-hydrogen) atoms. The van der Waals surface area contributed by atoms with E-state index in [1.54, 1.807) is 7.05 Å². The maximum Gasteiger partial charge on any atom is 0.331 e. The van der Waals surface area contributed by atoms with E-state index in [2.05, 4.69) is 26.2 Å². The zero-order chi connectivity index (χ0) is 15.6. The average Bonchev–Trinajstić information content (AvgIpc) is 2.43. The first-order chi connectivity index (χ1) is 9.92. The largest absolute Gasteiger partial charge is 0.430 e. The van der Waals surface area contributed by atoms with E-state index in [9.17, 15) is 18.9 Å². The Morgan fingerprint density at radius 2 is 2.10 bits per heavy atom. The van der Waals surface area contributed by atoms with E-state index in [0.717, 1.165) is 18.2 Å². The van der Waals surface area contributed by atoms with Crippen molar-refractivity contribution in [3.05, 3.63) is 50.5 Å². The van der Waals surface area contributed by atoms with E-state index < -0.39 is 33.9 Å². The molecule has 0 saturated heterocycles. The van der Waals surface area contributed by atoms with Crippen LogP contribution in [0.1, 0.15) is 0 Å². The number of aromatic nitrogens is 1. The van der Waals surface area contributed by atoms with Gasteiger partial charge in [-0.25, -0.2) is 4.39 Å². The van der Waals surface area contributed by atoms with E-state index in [0.29, 0.717) is 0 Å². The van der Waals surface area contributed by atoms with Crippen molar-refractivity contribution in [3.8, 4) is 11.6 Å². The van der Waals surface area contributed by atoms with Crippen molar-refractivity contribution in [2.45, 2.75) is 0 Å². The molecule has 1 heterocycles. The SMILES string of the molecule is CNc1ccc([N+](=O)[O-])c(Oc2cc(Br)cc(F)c2F)n1. The maximum atomic E-state index is 13.6. The molecule has 1 aromatic heterocycles. The van der Waals surface area contributed by atoms with Gasteiger partial charge in [-0.1, -0.05) is 15.9 Å². The minimum absolute atomic E-state index is 0.226. The number of hydrogen-bond donors (Lipinski definition) is 1. The normalized spacial score (nSPS) is 10.3. The third-order valence-corrected chi connectivity index (χ3v) is 2.92. The van der Waals surface area contributed by atoms with Gasteiger partial charge in [0.15, 0.2) is 11.6 Å². The van der Waals surface area contributed by atoms with Crippen molar-refractivity contribution >= 4 is 27.4 Å². The van der Waals surface area contributed by atoms with Crippen LogP contribution in [-0.2, 0) is 0 Å². The summed E-state index contributed by atoms with van der Waals surface area (Å²) in [4.78, 5) is 14.0. The van der Waals surface area contributed by atoms with Gasteiger partial charge < -0.3 is 10.1 Å². The molecule has 2 aromatic rings. The van der Waals surface area contributed by atoms with Crippen molar-refractivity contribution in [2.24, 2.45) is 0 Å². The summed E-state index contributed by atoms with van der Waals surface area (Å²) in [5.41, 5.74) is -0.464. The van der Waals surface area contributed by atoms with Gasteiger partial charge >= 0.3 is 11.6 Å². The second kappa shape index (κ2) is 6.00. The number of ether oxygens (including phenoxy) is 1. The Kier molecular flexibility index (Phi) is 4.32. The van der Waals surface area contributed by atoms with Gasteiger partial charge in [-0.2, -0.15) is 9.37 Å². The van der Waals surface area contributed by atoms with Crippen LogP contribution in [0.2, 0.25) is 0 Å². The standard InChI is InChI=1S/C12H8BrF2N3O3/c1-16-10-3-2-8(18(19)20)12(17-10)21-9-5-6(13)4-7(14)11(9)15/h2-5H,1H3,(H,16,17). The first-order valence-corrected chi connectivity index (χ1v) is 6.37. The van der Waals surface area contributed by atoms with Gasteiger partial charge in [-0.3, -0.25) is 10.1 Å². The zero-order valence-electron chi connectivity index (χ0n) is 10.6. The summed E-state index contributed by atoms with van der Waals surface area (Å²) < 4.78 is 32.2. The predicted molar refractivity (Wildman–Crippen MR) is 74.6 cm³/mol. The van der Waals surface area contributed by atoms with Gasteiger partial charge in [0, 0.05) is 17.6 Å². The van der Waals surface area contributed by atoms with Crippen LogP contribution in [0.25, 0.3) is 0 Å². The average molecular weight is 360 g/mol. The van der Waals surface area contributed by atoms with E-state index in [4.69, 9.17) is 4.74 Å². The highest BCUT2D eigenvalue weighted by molar-refractivity contribution is 9.10. The molecule has 0 saturated carbocycles. The molecule has 0 unspecified atom stereocenters. The van der Waals surface area contributed by atoms with Crippen molar-refractivity contribution < 1.29 is 18.4 Å². The predicted octanol–water partition coefficient (Wildman–Crippen LogP) is 3.86. The number of pyridine rings is 1. The Morgan fingerprint density at radius 1 is 1.38 bits per heavy atom. The monoisotopic (exact) mass is 359 g/mol. The topological polar surface area (TPSA) is 77.3 Å². The Labute approximate surface area is 126 Å². The molecule has 0 spiro atoms. The fraction of sp³-hybridized carbons (Fsp3) is 0.0833. The quantitative estimate of drug-likeness (QED) is 0.509. The van der Waals surface area contributed by atoms with Crippen molar-refractivity contribution in [2.75, 3.05) is 12.4 Å². The number of nitrogens with one attached hydrogen (secondary N) is 1. The molecule has 0 atom stereocenters. The molecule has 0 radical (unpaired) electrons. The minimum atomic E-state index is -1.26. The molecule has 0 aliphatic heterocycles. The van der Waals surface area contributed by atoms with Gasteiger partial charge in [-0.05, 0) is 18.2 Å². The van der Waals surface area contributed by atoms with Crippen LogP contribution in [0.5, 0.6) is 11.6 Å². The van der Waals surface area contributed by atoms with Crippen molar-refractivity contribution in [1.82, 2.24) is 4.98 Å². The lowest BCUT2D eigenvalue weighted by Gasteiger charge is -2.08. The molecule has 0 amide bonds. The molecule has 6 nitrogen and oxygen atoms in total. The van der Waals surface area contributed by atoms with Crippen LogP contribution >= 0.6 is 15.9 Å². The van der Waals surface area contributed by atoms with Gasteiger partial charge in [0.25, 0.3) is 0 Å². The third kappa shape index (κ3) is 3.24. The molecular weight excluding hydrogens is 352 g/mol. The molecule has 0 aliphatic rings. The Hall–Kier alpha value is -2.29. The minimum Gasteiger partial charge on any atom is -0.430 e. The molecule has 1 aromatic carbocycles. The summed E-state index contributed by atoms with van der Waals surface area (Å²) in [6.45, 7) is 0. The number of anilines is 1. The summed E-state index contributed by atoms with van der Waals surface area (Å²) >= 11 is 2.98. The van der Waals surface area contributed by atoms with E-state index in [-0.39, 0.29) is 10.3 Å². The molecular formula is C12H8BrF2N3O3. The van der Waals surface area contributed by atoms with Crippen molar-refractivity contribution in [3.63, 3.8) is 0 Å². The summed E-state index contributed by atoms with van der Waals surface area (Å²) in [5.74, 6) is -3.07. The van der Waals surface area contributed by atoms with E-state index in [1.807, 2.05) is 0 Å². The summed E-state index contributed by atoms with van der Waals surface area (Å²) in [6, 6.07) is 4.58. The van der Waals surface area contributed by atoms with Crippen LogP contribution < -0.4 is 10.1 Å². The van der Waals surface area contributed by atoms with Gasteiger partial charge in [-0.15, -0.1) is 0 Å². The van der Waals surface area contributed by atoms with Crippen LogP contribution in [0.15, 0.2) is 28.7 Å². The first kappa shape index (κ1) is 15.1. The van der Waals surface area contributed by atoms with Gasteiger partial charge in [0.1, 0.15) is 5.82 Å². The zero-order valence-corrected chi connectivity index (χ0v) is 12.1. The second-order valence-electron chi connectivity index (χ2n) is 3.83. The molecule has 110 valence electrons. The highest BCUT2D eigenvalue weighted by Gasteiger charge is 2.21. The summed E-state index contributed by atoms with van der Waals surface area (Å²) in [5, 5.41) is 13.6. The highest BCUT2D eigenvalue weighted by Crippen LogP contribution is 2.34. The number of nitro groups is 1. The molecule has 2 rings (SSSR count). The molecule has 9 heteroatoms. The number of nitrogens with zero attached hydrogens (tertiary/aromatic N) is 2. The van der Waals surface area contributed by atoms with E-state index >= 15 is 0 Å². The van der Waals surface area contributed by atoms with Crippen LogP contribution in [0, 0.1) is 21.7 Å². The van der Waals surface area contributed by atoms with E-state index in [1.165, 1.54) is 6.07 Å². The molecule has 0 bridgehead atoms. The highest BCUT2D eigenvalue weighted by atomic mass is 79.9. The fourth-order valence-electron chi connectivity index (χ4n) is 1.50. The van der Waals surface area contributed by atoms with Crippen LogP contribution in [0.4, 0.5) is 20.3 Å². The second-order valence-corrected chi connectivity index (χ2v) is 4.75. The van der Waals surface area contributed by atoms with Gasteiger partial charge in [0.05, 0.1) is 4.92 Å². The van der Waals surface area contributed by atoms with Gasteiger partial charge in [0.2, 0.25) is 5.82 Å². The number of hydrogen-bond acceptors (Lipinski definition) is 5. The third-order valence-electron chi connectivity index (χ3n) is 2.46. The summed E-state index contributed by atoms with van der Waals surface area (Å²) in [7, 11) is 1.55. The van der Waals surface area contributed by atoms with Crippen LogP contribution in [-0.4, -0.2) is 17.0 Å². The lowest BCUT2D eigenvalue weighted by atomic mass is 10.3. The molecule has 0 fully saturated rings. The number of rotatable bonds is 4. The number of benzene rings is 1. The fourth-order valence-corrected chi connectivity index (χ4v) is 1.91. The summed E-state index contributed by atoms with van der Waals surface area (Å²) in [6.07, 6.45) is 0. The lowest BCUT2D eigenvalue weighted by Crippen LogP contribution is -2.01. The lowest BCUT2D eigenvalue weighted by molar-refractivity contribution is -0.386. The Bertz CT molecular complexity index is 712.